The molecule has 0 heterocycles. The molecular formula is C8H8N2O2S. The maximum atomic E-state index is 11.1. The van der Waals surface area contributed by atoms with Crippen LogP contribution in [0.3, 0.4) is 0 Å². The Morgan fingerprint density at radius 1 is 1.46 bits per heavy atom. The minimum atomic E-state index is -3.34. The van der Waals surface area contributed by atoms with Crippen molar-refractivity contribution in [1.82, 2.24) is 0 Å². The molecule has 4 nitrogen and oxygen atoms in total. The zero-order valence-corrected chi connectivity index (χ0v) is 7.80. The van der Waals surface area contributed by atoms with Gasteiger partial charge in [-0.05, 0) is 18.2 Å². The van der Waals surface area contributed by atoms with Gasteiger partial charge in [0.1, 0.15) is 6.07 Å². The van der Waals surface area contributed by atoms with Crippen LogP contribution in [-0.4, -0.2) is 14.7 Å². The molecule has 0 aliphatic carbocycles. The molecule has 13 heavy (non-hydrogen) atoms. The maximum absolute atomic E-state index is 11.1. The van der Waals surface area contributed by atoms with Crippen molar-refractivity contribution in [3.63, 3.8) is 0 Å². The van der Waals surface area contributed by atoms with Gasteiger partial charge in [0.15, 0.2) is 9.84 Å². The highest BCUT2D eigenvalue weighted by atomic mass is 32.2. The molecule has 1 rings (SSSR count). The van der Waals surface area contributed by atoms with Gasteiger partial charge in [0.25, 0.3) is 0 Å². The summed E-state index contributed by atoms with van der Waals surface area (Å²) in [5.74, 6) is 0. The Morgan fingerprint density at radius 2 is 2.08 bits per heavy atom. The monoisotopic (exact) mass is 196 g/mol. The van der Waals surface area contributed by atoms with E-state index in [4.69, 9.17) is 11.0 Å². The van der Waals surface area contributed by atoms with Crippen LogP contribution in [0.15, 0.2) is 23.1 Å². The van der Waals surface area contributed by atoms with E-state index < -0.39 is 9.84 Å². The summed E-state index contributed by atoms with van der Waals surface area (Å²) in [6.07, 6.45) is 1.05. The summed E-state index contributed by atoms with van der Waals surface area (Å²) in [5.41, 5.74) is 5.86. The standard InChI is InChI=1S/C8H8N2O2S/c1-13(11,12)8-3-2-7(10)4-6(8)5-9/h2-4H,10H2,1H3. The molecule has 5 heteroatoms. The summed E-state index contributed by atoms with van der Waals surface area (Å²) in [6.45, 7) is 0. The molecule has 0 fully saturated rings. The molecule has 0 saturated carbocycles. The van der Waals surface area contributed by atoms with Gasteiger partial charge >= 0.3 is 0 Å². The fraction of sp³-hybridized carbons (Fsp3) is 0.125. The van der Waals surface area contributed by atoms with Crippen LogP contribution in [0.2, 0.25) is 0 Å². The highest BCUT2D eigenvalue weighted by molar-refractivity contribution is 7.90. The fourth-order valence-corrected chi connectivity index (χ4v) is 1.78. The fourth-order valence-electron chi connectivity index (χ4n) is 0.958. The van der Waals surface area contributed by atoms with Gasteiger partial charge < -0.3 is 5.73 Å². The van der Waals surface area contributed by atoms with E-state index in [1.807, 2.05) is 0 Å². The Balaban J connectivity index is 3.50. The van der Waals surface area contributed by atoms with Gasteiger partial charge in [0.05, 0.1) is 10.5 Å². The number of anilines is 1. The second-order valence-corrected chi connectivity index (χ2v) is 4.62. The summed E-state index contributed by atoms with van der Waals surface area (Å²) >= 11 is 0. The molecule has 0 spiro atoms. The van der Waals surface area contributed by atoms with Crippen molar-refractivity contribution in [1.29, 1.82) is 5.26 Å². The first-order valence-corrected chi connectivity index (χ1v) is 5.34. The molecule has 0 radical (unpaired) electrons. The SMILES string of the molecule is CS(=O)(=O)c1ccc(N)cc1C#N. The Bertz CT molecular complexity index is 471. The van der Waals surface area contributed by atoms with E-state index in [9.17, 15) is 8.42 Å². The maximum Gasteiger partial charge on any atom is 0.176 e. The third-order valence-corrected chi connectivity index (χ3v) is 2.68. The largest absolute Gasteiger partial charge is 0.399 e. The van der Waals surface area contributed by atoms with E-state index in [0.29, 0.717) is 5.69 Å². The van der Waals surface area contributed by atoms with Crippen molar-refractivity contribution < 1.29 is 8.42 Å². The Labute approximate surface area is 76.5 Å². The number of hydrogen-bond donors (Lipinski definition) is 1. The lowest BCUT2D eigenvalue weighted by Gasteiger charge is -2.01. The Kier molecular flexibility index (Phi) is 2.26. The van der Waals surface area contributed by atoms with Crippen LogP contribution in [-0.2, 0) is 9.84 Å². The van der Waals surface area contributed by atoms with Gasteiger partial charge in [0.2, 0.25) is 0 Å². The number of nitriles is 1. The number of nitrogen functional groups attached to an aromatic ring is 1. The topological polar surface area (TPSA) is 83.9 Å². The average Bonchev–Trinajstić information content (AvgIpc) is 2.01. The molecule has 0 atom stereocenters. The molecule has 1 aromatic carbocycles. The lowest BCUT2D eigenvalue weighted by atomic mass is 10.2. The smallest absolute Gasteiger partial charge is 0.176 e. The minimum absolute atomic E-state index is 0.0178. The Hall–Kier alpha value is -1.54. The summed E-state index contributed by atoms with van der Waals surface area (Å²) in [5, 5.41) is 8.64. The molecular weight excluding hydrogens is 188 g/mol. The van der Waals surface area contributed by atoms with E-state index in [0.717, 1.165) is 6.26 Å². The van der Waals surface area contributed by atoms with Crippen LogP contribution in [0.1, 0.15) is 5.56 Å². The van der Waals surface area contributed by atoms with Crippen LogP contribution in [0.25, 0.3) is 0 Å². The van der Waals surface area contributed by atoms with Gasteiger partial charge in [-0.15, -0.1) is 0 Å². The number of sulfone groups is 1. The van der Waals surface area contributed by atoms with Gasteiger partial charge in [-0.1, -0.05) is 0 Å². The summed E-state index contributed by atoms with van der Waals surface area (Å²) in [7, 11) is -3.34. The first kappa shape index (κ1) is 9.55. The van der Waals surface area contributed by atoms with E-state index in [1.165, 1.54) is 18.2 Å². The van der Waals surface area contributed by atoms with Crippen molar-refractivity contribution in [2.75, 3.05) is 12.0 Å². The predicted molar refractivity (Wildman–Crippen MR) is 48.7 cm³/mol. The zero-order valence-electron chi connectivity index (χ0n) is 6.98. The number of rotatable bonds is 1. The van der Waals surface area contributed by atoms with E-state index in [2.05, 4.69) is 0 Å². The lowest BCUT2D eigenvalue weighted by Crippen LogP contribution is -2.01. The van der Waals surface area contributed by atoms with Crippen LogP contribution in [0.4, 0.5) is 5.69 Å². The average molecular weight is 196 g/mol. The molecule has 0 aliphatic heterocycles. The molecule has 0 bridgehead atoms. The van der Waals surface area contributed by atoms with Gasteiger partial charge in [-0.25, -0.2) is 8.42 Å². The second kappa shape index (κ2) is 3.07. The van der Waals surface area contributed by atoms with Gasteiger partial charge in [0, 0.05) is 11.9 Å². The van der Waals surface area contributed by atoms with Gasteiger partial charge in [-0.2, -0.15) is 5.26 Å². The number of benzene rings is 1. The highest BCUT2D eigenvalue weighted by Crippen LogP contribution is 2.17. The Morgan fingerprint density at radius 3 is 2.54 bits per heavy atom. The second-order valence-electron chi connectivity index (χ2n) is 2.64. The predicted octanol–water partition coefficient (Wildman–Crippen LogP) is 0.544. The van der Waals surface area contributed by atoms with E-state index in [1.54, 1.807) is 6.07 Å². The number of hydrogen-bond acceptors (Lipinski definition) is 4. The molecule has 0 saturated heterocycles. The van der Waals surface area contributed by atoms with E-state index in [-0.39, 0.29) is 10.5 Å². The molecule has 0 aliphatic rings. The quantitative estimate of drug-likeness (QED) is 0.664. The third-order valence-electron chi connectivity index (χ3n) is 1.52. The molecule has 2 N–H and O–H groups in total. The van der Waals surface area contributed by atoms with Crippen molar-refractivity contribution in [3.05, 3.63) is 23.8 Å². The molecule has 68 valence electrons. The first-order valence-electron chi connectivity index (χ1n) is 3.45. The van der Waals surface area contributed by atoms with Crippen molar-refractivity contribution >= 4 is 15.5 Å². The molecule has 0 aromatic heterocycles. The summed E-state index contributed by atoms with van der Waals surface area (Å²) < 4.78 is 22.3. The van der Waals surface area contributed by atoms with Crippen LogP contribution >= 0.6 is 0 Å². The highest BCUT2D eigenvalue weighted by Gasteiger charge is 2.12. The minimum Gasteiger partial charge on any atom is -0.399 e. The van der Waals surface area contributed by atoms with Crippen LogP contribution in [0.5, 0.6) is 0 Å². The summed E-state index contributed by atoms with van der Waals surface area (Å²) in [4.78, 5) is 0.0178. The van der Waals surface area contributed by atoms with Crippen molar-refractivity contribution in [3.8, 4) is 6.07 Å². The third kappa shape index (κ3) is 1.98. The normalized spacial score (nSPS) is 10.8. The molecule has 0 amide bonds. The van der Waals surface area contributed by atoms with Crippen molar-refractivity contribution in [2.24, 2.45) is 0 Å². The van der Waals surface area contributed by atoms with Crippen LogP contribution in [0, 0.1) is 11.3 Å². The van der Waals surface area contributed by atoms with E-state index >= 15 is 0 Å². The number of nitrogens with two attached hydrogens (primary N) is 1. The molecule has 1 aromatic rings. The van der Waals surface area contributed by atoms with Crippen LogP contribution < -0.4 is 5.73 Å². The summed E-state index contributed by atoms with van der Waals surface area (Å²) in [6, 6.07) is 5.92. The van der Waals surface area contributed by atoms with Gasteiger partial charge in [-0.3, -0.25) is 0 Å². The molecule has 0 unspecified atom stereocenters. The zero-order chi connectivity index (χ0) is 10.1. The lowest BCUT2D eigenvalue weighted by molar-refractivity contribution is 0.601. The number of nitrogens with zero attached hydrogens (tertiary/aromatic N) is 1. The first-order chi connectivity index (χ1) is 5.95. The van der Waals surface area contributed by atoms with Crippen molar-refractivity contribution in [2.45, 2.75) is 4.90 Å².